The van der Waals surface area contributed by atoms with Crippen molar-refractivity contribution in [2.24, 2.45) is 0 Å². The molecular formula is C44H43N3O7. The molecule has 2 fully saturated rings. The van der Waals surface area contributed by atoms with Crippen LogP contribution in [0.1, 0.15) is 58.6 Å². The predicted molar refractivity (Wildman–Crippen MR) is 203 cm³/mol. The van der Waals surface area contributed by atoms with E-state index in [1.807, 2.05) is 97.1 Å². The zero-order valence-electron chi connectivity index (χ0n) is 29.8. The first-order valence-corrected chi connectivity index (χ1v) is 18.2. The largest absolute Gasteiger partial charge is 0.445 e. The average molecular weight is 726 g/mol. The van der Waals surface area contributed by atoms with Crippen LogP contribution in [0.2, 0.25) is 0 Å². The lowest BCUT2D eigenvalue weighted by Gasteiger charge is -2.38. The van der Waals surface area contributed by atoms with E-state index >= 15 is 0 Å². The Hall–Kier alpha value is -5.65. The summed E-state index contributed by atoms with van der Waals surface area (Å²) < 4.78 is 18.6. The zero-order chi connectivity index (χ0) is 37.3. The van der Waals surface area contributed by atoms with E-state index in [0.29, 0.717) is 24.2 Å². The Labute approximate surface area is 314 Å². The Balaban J connectivity index is 1.10. The molecule has 2 N–H and O–H groups in total. The van der Waals surface area contributed by atoms with E-state index < -0.39 is 30.2 Å². The van der Waals surface area contributed by atoms with Gasteiger partial charge in [0.1, 0.15) is 12.6 Å². The molecule has 54 heavy (non-hydrogen) atoms. The maximum atomic E-state index is 13.5. The van der Waals surface area contributed by atoms with E-state index in [1.54, 1.807) is 18.2 Å². The number of hydrogen-bond acceptors (Lipinski definition) is 8. The Morgan fingerprint density at radius 1 is 0.741 bits per heavy atom. The van der Waals surface area contributed by atoms with Gasteiger partial charge < -0.3 is 24.6 Å². The maximum Gasteiger partial charge on any atom is 0.408 e. The van der Waals surface area contributed by atoms with Crippen LogP contribution in [-0.4, -0.2) is 46.6 Å². The van der Waals surface area contributed by atoms with Gasteiger partial charge in [-0.05, 0) is 39.9 Å². The highest BCUT2D eigenvalue weighted by molar-refractivity contribution is 6.22. The second-order valence-corrected chi connectivity index (χ2v) is 13.6. The minimum Gasteiger partial charge on any atom is -0.445 e. The van der Waals surface area contributed by atoms with Gasteiger partial charge in [-0.15, -0.1) is 0 Å². The van der Waals surface area contributed by atoms with Crippen LogP contribution < -0.4 is 10.2 Å². The van der Waals surface area contributed by atoms with Gasteiger partial charge in [0.25, 0.3) is 5.91 Å². The summed E-state index contributed by atoms with van der Waals surface area (Å²) in [5.41, 5.74) is 5.96. The monoisotopic (exact) mass is 725 g/mol. The molecule has 2 aliphatic rings. The number of imide groups is 1. The molecule has 3 amide bonds. The van der Waals surface area contributed by atoms with Gasteiger partial charge in [0.05, 0.1) is 30.9 Å². The van der Waals surface area contributed by atoms with Crippen LogP contribution in [0.15, 0.2) is 140 Å². The van der Waals surface area contributed by atoms with Gasteiger partial charge >= 0.3 is 6.09 Å². The number of hydrogen-bond donors (Lipinski definition) is 2. The molecular weight excluding hydrogens is 682 g/mol. The third-order valence-corrected chi connectivity index (χ3v) is 9.63. The molecule has 0 spiro atoms. The zero-order valence-corrected chi connectivity index (χ0v) is 29.8. The Bertz CT molecular complexity index is 1970. The second-order valence-electron chi connectivity index (χ2n) is 13.6. The number of carbonyl (C=O) groups excluding carboxylic acids is 3. The number of alkyl carbamates (subject to hydrolysis) is 1. The van der Waals surface area contributed by atoms with Crippen LogP contribution in [0.3, 0.4) is 0 Å². The molecule has 10 heteroatoms. The molecule has 0 aliphatic carbocycles. The fourth-order valence-electron chi connectivity index (χ4n) is 6.92. The highest BCUT2D eigenvalue weighted by Crippen LogP contribution is 2.39. The second kappa shape index (κ2) is 17.5. The SMILES string of the molecule is O=C(NC1CC(=O)N(c2cccc(C3OC(CN(Cc4ccccc4)Cc4ccccc4)CC(c4ccc(CO)cc4)O3)c2)C1=O)OCc1ccccc1. The van der Waals surface area contributed by atoms with Crippen molar-refractivity contribution in [3.63, 3.8) is 0 Å². The van der Waals surface area contributed by atoms with E-state index in [0.717, 1.165) is 34.7 Å². The van der Waals surface area contributed by atoms with Crippen LogP contribution in [-0.2, 0) is 50.1 Å². The smallest absolute Gasteiger partial charge is 0.408 e. The first-order chi connectivity index (χ1) is 26.4. The fourth-order valence-corrected chi connectivity index (χ4v) is 6.92. The van der Waals surface area contributed by atoms with Crippen molar-refractivity contribution >= 4 is 23.6 Å². The van der Waals surface area contributed by atoms with Gasteiger partial charge in [-0.25, -0.2) is 9.69 Å². The number of aliphatic hydroxyl groups excluding tert-OH is 1. The molecule has 2 heterocycles. The van der Waals surface area contributed by atoms with Crippen molar-refractivity contribution in [3.05, 3.63) is 173 Å². The summed E-state index contributed by atoms with van der Waals surface area (Å²) in [4.78, 5) is 42.8. The van der Waals surface area contributed by atoms with Crippen LogP contribution in [0, 0.1) is 0 Å². The number of nitrogens with zero attached hydrogens (tertiary/aromatic N) is 2. The average Bonchev–Trinajstić information content (AvgIpc) is 3.49. The predicted octanol–water partition coefficient (Wildman–Crippen LogP) is 6.99. The fraction of sp³-hybridized carbons (Fsp3) is 0.250. The molecule has 4 unspecified atom stereocenters. The van der Waals surface area contributed by atoms with E-state index in [1.165, 1.54) is 11.1 Å². The molecule has 0 saturated carbocycles. The topological polar surface area (TPSA) is 118 Å². The lowest BCUT2D eigenvalue weighted by atomic mass is 9.99. The van der Waals surface area contributed by atoms with E-state index in [9.17, 15) is 19.5 Å². The van der Waals surface area contributed by atoms with Crippen LogP contribution in [0.4, 0.5) is 10.5 Å². The molecule has 5 aromatic carbocycles. The van der Waals surface area contributed by atoms with Crippen molar-refractivity contribution in [2.45, 2.75) is 63.7 Å². The summed E-state index contributed by atoms with van der Waals surface area (Å²) in [5, 5.41) is 12.2. The summed E-state index contributed by atoms with van der Waals surface area (Å²) in [6, 6.07) is 43.6. The molecule has 7 rings (SSSR count). The molecule has 2 saturated heterocycles. The van der Waals surface area contributed by atoms with E-state index in [2.05, 4.69) is 34.5 Å². The summed E-state index contributed by atoms with van der Waals surface area (Å²) in [5.74, 6) is -0.982. The molecule has 0 aromatic heterocycles. The quantitative estimate of drug-likeness (QED) is 0.125. The number of rotatable bonds is 13. The van der Waals surface area contributed by atoms with Gasteiger partial charge in [0.2, 0.25) is 5.91 Å². The third kappa shape index (κ3) is 9.28. The summed E-state index contributed by atoms with van der Waals surface area (Å²) >= 11 is 0. The number of ether oxygens (including phenoxy) is 3. The number of carbonyl (C=O) groups is 3. The van der Waals surface area contributed by atoms with Gasteiger partial charge in [0, 0.05) is 31.6 Å². The molecule has 10 nitrogen and oxygen atoms in total. The van der Waals surface area contributed by atoms with Crippen molar-refractivity contribution < 1.29 is 33.7 Å². The third-order valence-electron chi connectivity index (χ3n) is 9.63. The van der Waals surface area contributed by atoms with Crippen molar-refractivity contribution in [1.82, 2.24) is 10.2 Å². The number of aliphatic hydroxyl groups is 1. The van der Waals surface area contributed by atoms with Gasteiger partial charge in [-0.2, -0.15) is 0 Å². The lowest BCUT2D eigenvalue weighted by molar-refractivity contribution is -0.253. The Morgan fingerprint density at radius 2 is 1.37 bits per heavy atom. The van der Waals surface area contributed by atoms with Gasteiger partial charge in [0.15, 0.2) is 6.29 Å². The van der Waals surface area contributed by atoms with E-state index in [4.69, 9.17) is 14.2 Å². The minimum atomic E-state index is -1.05. The van der Waals surface area contributed by atoms with Crippen LogP contribution in [0.25, 0.3) is 0 Å². The number of anilines is 1. The van der Waals surface area contributed by atoms with Crippen molar-refractivity contribution in [3.8, 4) is 0 Å². The lowest BCUT2D eigenvalue weighted by Crippen LogP contribution is -2.42. The summed E-state index contributed by atoms with van der Waals surface area (Å²) in [6.07, 6.45) is -1.75. The minimum absolute atomic E-state index is 0.0402. The number of nitrogens with one attached hydrogen (secondary N) is 1. The molecule has 0 bridgehead atoms. The summed E-state index contributed by atoms with van der Waals surface area (Å²) in [6.45, 7) is 2.05. The Morgan fingerprint density at radius 3 is 2.00 bits per heavy atom. The molecule has 2 aliphatic heterocycles. The highest BCUT2D eigenvalue weighted by atomic mass is 16.7. The van der Waals surface area contributed by atoms with Crippen molar-refractivity contribution in [1.29, 1.82) is 0 Å². The highest BCUT2D eigenvalue weighted by Gasteiger charge is 2.41. The first kappa shape index (κ1) is 36.7. The maximum absolute atomic E-state index is 13.5. The van der Waals surface area contributed by atoms with E-state index in [-0.39, 0.29) is 31.8 Å². The normalized spacial score (nSPS) is 19.9. The standard InChI is InChI=1S/C44H43N3O7/c48-29-33-19-21-35(22-20-33)40-24-38(28-46(26-31-11-4-1-5-12-31)27-32-13-6-2-7-14-32)53-43(54-40)36-17-10-18-37(23-36)47-41(49)25-39(42(47)50)45-44(51)52-30-34-15-8-3-9-16-34/h1-23,38-40,43,48H,24-30H2,(H,45,51). The van der Waals surface area contributed by atoms with Crippen LogP contribution in [0.5, 0.6) is 0 Å². The Kier molecular flexibility index (Phi) is 11.9. The molecule has 5 aromatic rings. The molecule has 276 valence electrons. The molecule has 0 radical (unpaired) electrons. The number of benzene rings is 5. The van der Waals surface area contributed by atoms with Crippen molar-refractivity contribution in [2.75, 3.05) is 11.4 Å². The first-order valence-electron chi connectivity index (χ1n) is 18.2. The molecule has 4 atom stereocenters. The summed E-state index contributed by atoms with van der Waals surface area (Å²) in [7, 11) is 0. The van der Waals surface area contributed by atoms with Gasteiger partial charge in [-0.1, -0.05) is 127 Å². The van der Waals surface area contributed by atoms with Gasteiger partial charge in [-0.3, -0.25) is 14.5 Å². The van der Waals surface area contributed by atoms with Crippen LogP contribution >= 0.6 is 0 Å². The number of amides is 3.